The highest BCUT2D eigenvalue weighted by atomic mass is 16.6. The van der Waals surface area contributed by atoms with Gasteiger partial charge in [-0.15, -0.1) is 0 Å². The van der Waals surface area contributed by atoms with Crippen molar-refractivity contribution in [3.63, 3.8) is 0 Å². The number of carbonyl (C=O) groups is 1. The molecule has 0 atom stereocenters. The summed E-state index contributed by atoms with van der Waals surface area (Å²) in [6.45, 7) is 0.452. The van der Waals surface area contributed by atoms with Crippen LogP contribution in [0.2, 0.25) is 0 Å². The van der Waals surface area contributed by atoms with Crippen LogP contribution >= 0.6 is 0 Å². The lowest BCUT2D eigenvalue weighted by Crippen LogP contribution is -2.27. The molecule has 1 amide bonds. The molecule has 1 aliphatic rings. The molecule has 7 heteroatoms. The van der Waals surface area contributed by atoms with Crippen molar-refractivity contribution in [3.05, 3.63) is 86.2 Å². The molecule has 134 valence electrons. The average molecular weight is 361 g/mol. The first-order chi connectivity index (χ1) is 13.0. The van der Waals surface area contributed by atoms with E-state index in [0.717, 1.165) is 16.5 Å². The summed E-state index contributed by atoms with van der Waals surface area (Å²) >= 11 is 0. The summed E-state index contributed by atoms with van der Waals surface area (Å²) in [5.74, 6) is -0.318. The second-order valence-corrected chi connectivity index (χ2v) is 6.28. The molecule has 7 nitrogen and oxygen atoms in total. The Morgan fingerprint density at radius 3 is 2.81 bits per heavy atom. The second kappa shape index (κ2) is 6.53. The Balaban J connectivity index is 1.63. The minimum absolute atomic E-state index is 0.0524. The minimum atomic E-state index is -0.480. The standard InChI is InChI=1S/C20H15N3O4/c24-19(22-10-9-13-5-7-16(23(26)27)12-18(13)22)8-6-15-11-14-3-1-2-4-17(14)21-20(15)25/h1-8,11-12H,9-10H2,(H,21,25)/b8-6+. The molecule has 0 fully saturated rings. The molecular formula is C20H15N3O4. The van der Waals surface area contributed by atoms with Gasteiger partial charge in [0.25, 0.3) is 17.2 Å². The number of hydrogen-bond acceptors (Lipinski definition) is 4. The van der Waals surface area contributed by atoms with E-state index in [1.54, 1.807) is 12.1 Å². The van der Waals surface area contributed by atoms with Crippen LogP contribution in [-0.2, 0) is 11.2 Å². The number of benzene rings is 2. The third kappa shape index (κ3) is 3.10. The van der Waals surface area contributed by atoms with Crippen LogP contribution in [0.3, 0.4) is 0 Å². The van der Waals surface area contributed by atoms with E-state index in [1.807, 2.05) is 24.3 Å². The van der Waals surface area contributed by atoms with Gasteiger partial charge >= 0.3 is 0 Å². The molecule has 0 unspecified atom stereocenters. The van der Waals surface area contributed by atoms with Crippen LogP contribution in [0.25, 0.3) is 17.0 Å². The van der Waals surface area contributed by atoms with Gasteiger partial charge in [0.05, 0.1) is 10.6 Å². The predicted molar refractivity (Wildman–Crippen MR) is 103 cm³/mol. The third-order valence-electron chi connectivity index (χ3n) is 4.63. The van der Waals surface area contributed by atoms with Crippen LogP contribution in [-0.4, -0.2) is 22.4 Å². The van der Waals surface area contributed by atoms with Crippen molar-refractivity contribution in [2.75, 3.05) is 11.4 Å². The van der Waals surface area contributed by atoms with Crippen molar-refractivity contribution in [2.24, 2.45) is 0 Å². The summed E-state index contributed by atoms with van der Waals surface area (Å²) < 4.78 is 0. The number of pyridine rings is 1. The molecule has 1 aliphatic heterocycles. The van der Waals surface area contributed by atoms with E-state index in [2.05, 4.69) is 4.98 Å². The number of anilines is 1. The number of nitrogens with zero attached hydrogens (tertiary/aromatic N) is 2. The molecule has 27 heavy (non-hydrogen) atoms. The van der Waals surface area contributed by atoms with Crippen LogP contribution < -0.4 is 10.5 Å². The van der Waals surface area contributed by atoms with Crippen molar-refractivity contribution >= 4 is 34.3 Å². The summed E-state index contributed by atoms with van der Waals surface area (Å²) in [4.78, 5) is 39.5. The van der Waals surface area contributed by atoms with E-state index in [4.69, 9.17) is 0 Å². The van der Waals surface area contributed by atoms with Crippen LogP contribution in [0.15, 0.2) is 59.4 Å². The van der Waals surface area contributed by atoms with Gasteiger partial charge in [-0.05, 0) is 35.6 Å². The monoisotopic (exact) mass is 361 g/mol. The first kappa shape index (κ1) is 16.7. The fraction of sp³-hybridized carbons (Fsp3) is 0.100. The summed E-state index contributed by atoms with van der Waals surface area (Å²) in [7, 11) is 0. The number of aromatic nitrogens is 1. The number of nitro benzene ring substituents is 1. The Morgan fingerprint density at radius 2 is 2.00 bits per heavy atom. The van der Waals surface area contributed by atoms with E-state index >= 15 is 0 Å². The maximum atomic E-state index is 12.6. The SMILES string of the molecule is O=C(/C=C/c1cc2ccccc2[nH]c1=O)N1CCc2ccc([N+](=O)[O-])cc21. The number of nitro groups is 1. The van der Waals surface area contributed by atoms with Crippen LogP contribution in [0.5, 0.6) is 0 Å². The maximum absolute atomic E-state index is 12.6. The number of non-ortho nitro benzene ring substituents is 1. The lowest BCUT2D eigenvalue weighted by Gasteiger charge is -2.14. The maximum Gasteiger partial charge on any atom is 0.271 e. The molecule has 2 heterocycles. The number of rotatable bonds is 3. The third-order valence-corrected chi connectivity index (χ3v) is 4.63. The lowest BCUT2D eigenvalue weighted by atomic mass is 10.1. The van der Waals surface area contributed by atoms with E-state index in [1.165, 1.54) is 29.2 Å². The van der Waals surface area contributed by atoms with Crippen LogP contribution in [0.4, 0.5) is 11.4 Å². The molecule has 3 aromatic rings. The van der Waals surface area contributed by atoms with Gasteiger partial charge in [-0.3, -0.25) is 19.7 Å². The Hall–Kier alpha value is -3.74. The molecule has 2 aromatic carbocycles. The molecule has 0 bridgehead atoms. The zero-order chi connectivity index (χ0) is 19.0. The summed E-state index contributed by atoms with van der Waals surface area (Å²) in [6, 6.07) is 13.6. The summed E-state index contributed by atoms with van der Waals surface area (Å²) in [5, 5.41) is 11.8. The van der Waals surface area contributed by atoms with Crippen LogP contribution in [0, 0.1) is 10.1 Å². The summed E-state index contributed by atoms with van der Waals surface area (Å²) in [5.41, 5.74) is 2.21. The molecule has 0 radical (unpaired) electrons. The van der Waals surface area contributed by atoms with E-state index in [9.17, 15) is 19.7 Å². The van der Waals surface area contributed by atoms with Gasteiger partial charge in [-0.25, -0.2) is 0 Å². The van der Waals surface area contributed by atoms with Crippen molar-refractivity contribution in [3.8, 4) is 0 Å². The largest absolute Gasteiger partial charge is 0.321 e. The van der Waals surface area contributed by atoms with E-state index in [-0.39, 0.29) is 17.2 Å². The predicted octanol–water partition coefficient (Wildman–Crippen LogP) is 3.04. The van der Waals surface area contributed by atoms with Gasteiger partial charge in [0, 0.05) is 35.8 Å². The lowest BCUT2D eigenvalue weighted by molar-refractivity contribution is -0.384. The first-order valence-electron chi connectivity index (χ1n) is 8.42. The Bertz CT molecular complexity index is 1160. The zero-order valence-electron chi connectivity index (χ0n) is 14.2. The van der Waals surface area contributed by atoms with Crippen molar-refractivity contribution in [2.45, 2.75) is 6.42 Å². The minimum Gasteiger partial charge on any atom is -0.321 e. The topological polar surface area (TPSA) is 96.3 Å². The Morgan fingerprint density at radius 1 is 1.19 bits per heavy atom. The number of aromatic amines is 1. The first-order valence-corrected chi connectivity index (χ1v) is 8.42. The molecule has 4 rings (SSSR count). The molecule has 0 saturated heterocycles. The Kier molecular flexibility index (Phi) is 4.04. The number of amides is 1. The molecule has 1 N–H and O–H groups in total. The normalized spacial score (nSPS) is 13.3. The zero-order valence-corrected chi connectivity index (χ0v) is 14.2. The number of carbonyl (C=O) groups excluding carboxylic acids is 1. The average Bonchev–Trinajstić information content (AvgIpc) is 3.09. The van der Waals surface area contributed by atoms with Gasteiger partial charge in [-0.2, -0.15) is 0 Å². The number of fused-ring (bicyclic) bond motifs is 2. The van der Waals surface area contributed by atoms with Gasteiger partial charge in [0.1, 0.15) is 0 Å². The molecule has 0 spiro atoms. The fourth-order valence-corrected chi connectivity index (χ4v) is 3.25. The highest BCUT2D eigenvalue weighted by Gasteiger charge is 2.25. The van der Waals surface area contributed by atoms with Crippen molar-refractivity contribution < 1.29 is 9.72 Å². The van der Waals surface area contributed by atoms with Crippen molar-refractivity contribution in [1.82, 2.24) is 4.98 Å². The van der Waals surface area contributed by atoms with E-state index < -0.39 is 4.92 Å². The van der Waals surface area contributed by atoms with Crippen LogP contribution in [0.1, 0.15) is 11.1 Å². The number of nitrogens with one attached hydrogen (secondary N) is 1. The van der Waals surface area contributed by atoms with Gasteiger partial charge in [0.15, 0.2) is 0 Å². The Labute approximate surface area is 153 Å². The smallest absolute Gasteiger partial charge is 0.271 e. The van der Waals surface area contributed by atoms with Gasteiger partial charge < -0.3 is 9.88 Å². The molecule has 0 saturated carbocycles. The van der Waals surface area contributed by atoms with Gasteiger partial charge in [-0.1, -0.05) is 24.3 Å². The summed E-state index contributed by atoms with van der Waals surface area (Å²) in [6.07, 6.45) is 3.44. The second-order valence-electron chi connectivity index (χ2n) is 6.28. The number of H-pyrrole nitrogens is 1. The quantitative estimate of drug-likeness (QED) is 0.440. The highest BCUT2D eigenvalue weighted by molar-refractivity contribution is 6.05. The highest BCUT2D eigenvalue weighted by Crippen LogP contribution is 2.31. The van der Waals surface area contributed by atoms with E-state index in [0.29, 0.717) is 24.2 Å². The number of para-hydroxylation sites is 1. The molecule has 1 aromatic heterocycles. The number of hydrogen-bond donors (Lipinski definition) is 1. The molecular weight excluding hydrogens is 346 g/mol. The molecule has 0 aliphatic carbocycles. The van der Waals surface area contributed by atoms with Crippen molar-refractivity contribution in [1.29, 1.82) is 0 Å². The van der Waals surface area contributed by atoms with Gasteiger partial charge in [0.2, 0.25) is 0 Å². The fourth-order valence-electron chi connectivity index (χ4n) is 3.25.